The van der Waals surface area contributed by atoms with E-state index in [0.29, 0.717) is 9.87 Å². The molecule has 0 aliphatic carbocycles. The van der Waals surface area contributed by atoms with Crippen LogP contribution in [0.2, 0.25) is 0 Å². The van der Waals surface area contributed by atoms with E-state index >= 15 is 0 Å². The number of hydrogen-bond donors (Lipinski definition) is 0. The number of benzene rings is 1. The van der Waals surface area contributed by atoms with Gasteiger partial charge in [-0.3, -0.25) is 9.69 Å². The standard InChI is InChI=1S/C17H23N3O5S/c1-17(2,3)25-16(22)20(11-10-15(21)19(4)13-18)26(23,24)12-14-8-6-5-7-9-14/h5-9H,10-12H2,1-4H3. The molecule has 0 unspecified atom stereocenters. The van der Waals surface area contributed by atoms with Gasteiger partial charge in [0.2, 0.25) is 15.9 Å². The van der Waals surface area contributed by atoms with Crippen molar-refractivity contribution in [2.45, 2.75) is 38.5 Å². The summed E-state index contributed by atoms with van der Waals surface area (Å²) < 4.78 is 31.1. The highest BCUT2D eigenvalue weighted by molar-refractivity contribution is 7.88. The van der Waals surface area contributed by atoms with Gasteiger partial charge in [0, 0.05) is 20.0 Å². The molecule has 0 saturated heterocycles. The van der Waals surface area contributed by atoms with Crippen molar-refractivity contribution in [3.63, 3.8) is 0 Å². The second kappa shape index (κ2) is 8.67. The molecule has 0 aliphatic rings. The summed E-state index contributed by atoms with van der Waals surface area (Å²) in [6, 6.07) is 8.37. The van der Waals surface area contributed by atoms with Crippen molar-refractivity contribution in [3.8, 4) is 6.19 Å². The highest BCUT2D eigenvalue weighted by Gasteiger charge is 2.32. The molecule has 0 bridgehead atoms. The fourth-order valence-electron chi connectivity index (χ4n) is 1.94. The van der Waals surface area contributed by atoms with Crippen LogP contribution in [0.3, 0.4) is 0 Å². The van der Waals surface area contributed by atoms with E-state index in [9.17, 15) is 18.0 Å². The monoisotopic (exact) mass is 381 g/mol. The minimum absolute atomic E-state index is 0.322. The van der Waals surface area contributed by atoms with E-state index in [1.807, 2.05) is 0 Å². The third-order valence-corrected chi connectivity index (χ3v) is 4.88. The Labute approximate surface area is 154 Å². The first-order valence-electron chi connectivity index (χ1n) is 7.90. The van der Waals surface area contributed by atoms with Crippen LogP contribution in [0.5, 0.6) is 0 Å². The van der Waals surface area contributed by atoms with Gasteiger partial charge < -0.3 is 4.74 Å². The first-order chi connectivity index (χ1) is 12.0. The highest BCUT2D eigenvalue weighted by atomic mass is 32.2. The molecule has 0 atom stereocenters. The zero-order chi connectivity index (χ0) is 20.0. The number of carbonyl (C=O) groups excluding carboxylic acids is 2. The molecule has 8 nitrogen and oxygen atoms in total. The molecule has 0 N–H and O–H groups in total. The molecule has 0 fully saturated rings. The van der Waals surface area contributed by atoms with Gasteiger partial charge >= 0.3 is 6.09 Å². The lowest BCUT2D eigenvalue weighted by Crippen LogP contribution is -2.43. The Morgan fingerprint density at radius 2 is 1.77 bits per heavy atom. The minimum Gasteiger partial charge on any atom is -0.443 e. The van der Waals surface area contributed by atoms with Crippen LogP contribution in [0.1, 0.15) is 32.8 Å². The molecular formula is C17H23N3O5S. The van der Waals surface area contributed by atoms with Crippen LogP contribution in [0.15, 0.2) is 30.3 Å². The zero-order valence-corrected chi connectivity index (χ0v) is 16.1. The summed E-state index contributed by atoms with van der Waals surface area (Å²) in [7, 11) is -2.81. The Morgan fingerprint density at radius 3 is 2.27 bits per heavy atom. The van der Waals surface area contributed by atoms with Gasteiger partial charge in [-0.1, -0.05) is 30.3 Å². The van der Waals surface area contributed by atoms with Gasteiger partial charge in [0.15, 0.2) is 6.19 Å². The van der Waals surface area contributed by atoms with Gasteiger partial charge in [0.25, 0.3) is 0 Å². The summed E-state index contributed by atoms with van der Waals surface area (Å²) in [6.07, 6.45) is 0.257. The number of hydrogen-bond acceptors (Lipinski definition) is 6. The molecule has 0 aromatic heterocycles. The summed E-state index contributed by atoms with van der Waals surface area (Å²) in [6.45, 7) is 4.43. The summed E-state index contributed by atoms with van der Waals surface area (Å²) in [5, 5.41) is 8.72. The van der Waals surface area contributed by atoms with Gasteiger partial charge in [-0.15, -0.1) is 0 Å². The number of sulfonamides is 1. The normalized spacial score (nSPS) is 11.3. The van der Waals surface area contributed by atoms with Crippen LogP contribution in [0.25, 0.3) is 0 Å². The Morgan fingerprint density at radius 1 is 1.19 bits per heavy atom. The second-order valence-corrected chi connectivity index (χ2v) is 8.49. The van der Waals surface area contributed by atoms with Gasteiger partial charge in [-0.25, -0.2) is 17.5 Å². The van der Waals surface area contributed by atoms with Gasteiger partial charge in [0.05, 0.1) is 5.75 Å². The fourth-order valence-corrected chi connectivity index (χ4v) is 3.34. The molecule has 142 valence electrons. The van der Waals surface area contributed by atoms with Crippen molar-refractivity contribution < 1.29 is 22.7 Å². The molecule has 1 aromatic carbocycles. The van der Waals surface area contributed by atoms with Crippen molar-refractivity contribution in [3.05, 3.63) is 35.9 Å². The molecule has 2 amide bonds. The first-order valence-corrected chi connectivity index (χ1v) is 9.51. The van der Waals surface area contributed by atoms with Gasteiger partial charge in [-0.05, 0) is 26.3 Å². The number of nitrogens with zero attached hydrogens (tertiary/aromatic N) is 3. The van der Waals surface area contributed by atoms with E-state index in [-0.39, 0.29) is 6.42 Å². The summed E-state index contributed by atoms with van der Waals surface area (Å²) >= 11 is 0. The smallest absolute Gasteiger partial charge is 0.424 e. The Balaban J connectivity index is 3.04. The SMILES string of the molecule is CN(C#N)C(=O)CCN(C(=O)OC(C)(C)C)S(=O)(=O)Cc1ccccc1. The average Bonchev–Trinajstić information content (AvgIpc) is 2.52. The second-order valence-electron chi connectivity index (χ2n) is 6.60. The number of rotatable bonds is 6. The minimum atomic E-state index is -4.07. The van der Waals surface area contributed by atoms with Gasteiger partial charge in [-0.2, -0.15) is 5.26 Å². The number of nitriles is 1. The average molecular weight is 381 g/mol. The van der Waals surface area contributed by atoms with Crippen LogP contribution in [0.4, 0.5) is 4.79 Å². The molecule has 0 aliphatic heterocycles. The van der Waals surface area contributed by atoms with Crippen molar-refractivity contribution in [1.29, 1.82) is 5.26 Å². The third-order valence-electron chi connectivity index (χ3n) is 3.18. The largest absolute Gasteiger partial charge is 0.443 e. The number of carbonyl (C=O) groups is 2. The Kier molecular flexibility index (Phi) is 7.15. The maximum absolute atomic E-state index is 12.7. The van der Waals surface area contributed by atoms with Gasteiger partial charge in [0.1, 0.15) is 5.60 Å². The van der Waals surface area contributed by atoms with E-state index < -0.39 is 39.9 Å². The quantitative estimate of drug-likeness (QED) is 0.551. The van der Waals surface area contributed by atoms with E-state index in [0.717, 1.165) is 4.90 Å². The van der Waals surface area contributed by atoms with Crippen LogP contribution in [-0.2, 0) is 25.3 Å². The zero-order valence-electron chi connectivity index (χ0n) is 15.3. The van der Waals surface area contributed by atoms with Crippen LogP contribution >= 0.6 is 0 Å². The molecular weight excluding hydrogens is 358 g/mol. The summed E-state index contributed by atoms with van der Waals surface area (Å²) in [5.74, 6) is -1.01. The lowest BCUT2D eigenvalue weighted by Gasteiger charge is -2.27. The first kappa shape index (κ1) is 21.4. The molecule has 1 aromatic rings. The van der Waals surface area contributed by atoms with E-state index in [1.54, 1.807) is 57.3 Å². The molecule has 26 heavy (non-hydrogen) atoms. The van der Waals surface area contributed by atoms with E-state index in [2.05, 4.69) is 0 Å². The highest BCUT2D eigenvalue weighted by Crippen LogP contribution is 2.17. The van der Waals surface area contributed by atoms with Crippen molar-refractivity contribution in [2.24, 2.45) is 0 Å². The topological polar surface area (TPSA) is 108 Å². The third kappa shape index (κ3) is 6.72. The predicted molar refractivity (Wildman–Crippen MR) is 95.0 cm³/mol. The van der Waals surface area contributed by atoms with Crippen molar-refractivity contribution >= 4 is 22.0 Å². The predicted octanol–water partition coefficient (Wildman–Crippen LogP) is 2.08. The fraction of sp³-hybridized carbons (Fsp3) is 0.471. The molecule has 0 saturated carbocycles. The van der Waals surface area contributed by atoms with Crippen LogP contribution in [-0.4, -0.2) is 48.8 Å². The maximum atomic E-state index is 12.7. The van der Waals surface area contributed by atoms with E-state index in [4.69, 9.17) is 10.00 Å². The Hall–Kier alpha value is -2.60. The molecule has 9 heteroatoms. The lowest BCUT2D eigenvalue weighted by atomic mass is 10.2. The number of ether oxygens (including phenoxy) is 1. The summed E-state index contributed by atoms with van der Waals surface area (Å²) in [4.78, 5) is 25.0. The molecule has 0 spiro atoms. The number of amides is 2. The lowest BCUT2D eigenvalue weighted by molar-refractivity contribution is -0.127. The molecule has 0 heterocycles. The van der Waals surface area contributed by atoms with E-state index in [1.165, 1.54) is 7.05 Å². The Bertz CT molecular complexity index is 779. The van der Waals surface area contributed by atoms with Crippen LogP contribution < -0.4 is 0 Å². The molecule has 0 radical (unpaired) electrons. The maximum Gasteiger partial charge on any atom is 0.424 e. The molecule has 1 rings (SSSR count). The summed E-state index contributed by atoms with van der Waals surface area (Å²) in [5.41, 5.74) is -0.396. The van der Waals surface area contributed by atoms with Crippen LogP contribution in [0, 0.1) is 11.5 Å². The van der Waals surface area contributed by atoms with Crippen molar-refractivity contribution in [1.82, 2.24) is 9.21 Å². The van der Waals surface area contributed by atoms with Crippen molar-refractivity contribution in [2.75, 3.05) is 13.6 Å².